The predicted molar refractivity (Wildman–Crippen MR) is 118 cm³/mol. The van der Waals surface area contributed by atoms with Crippen molar-refractivity contribution < 1.29 is 0 Å². The third kappa shape index (κ3) is 3.98. The van der Waals surface area contributed by atoms with Gasteiger partial charge in [0.15, 0.2) is 0 Å². The molecule has 3 aromatic rings. The number of aromatic nitrogens is 2. The minimum Gasteiger partial charge on any atom is -0.324 e. The van der Waals surface area contributed by atoms with Gasteiger partial charge in [0, 0.05) is 18.2 Å². The summed E-state index contributed by atoms with van der Waals surface area (Å²) in [6, 6.07) is 18.1. The molecule has 2 aromatic carbocycles. The summed E-state index contributed by atoms with van der Waals surface area (Å²) in [4.78, 5) is 7.47. The average Bonchev–Trinajstić information content (AvgIpc) is 3.40. The van der Waals surface area contributed by atoms with Crippen molar-refractivity contribution >= 4 is 11.0 Å². The molecule has 4 heteroatoms. The van der Waals surface area contributed by atoms with Crippen LogP contribution >= 0.6 is 0 Å². The Bertz CT molecular complexity index is 887. The molecule has 0 amide bonds. The summed E-state index contributed by atoms with van der Waals surface area (Å²) in [6.45, 7) is 9.97. The Morgan fingerprint density at radius 3 is 2.57 bits per heavy atom. The van der Waals surface area contributed by atoms with Crippen LogP contribution in [-0.4, -0.2) is 40.6 Å². The highest BCUT2D eigenvalue weighted by molar-refractivity contribution is 5.80. The number of benzene rings is 2. The van der Waals surface area contributed by atoms with Gasteiger partial charge < -0.3 is 14.8 Å². The minimum absolute atomic E-state index is 0.516. The molecule has 28 heavy (non-hydrogen) atoms. The van der Waals surface area contributed by atoms with Crippen molar-refractivity contribution in [3.05, 3.63) is 54.1 Å². The monoisotopic (exact) mass is 376 g/mol. The Kier molecular flexibility index (Phi) is 6.08. The molecule has 1 saturated heterocycles. The quantitative estimate of drug-likeness (QED) is 0.609. The first kappa shape index (κ1) is 19.2. The lowest BCUT2D eigenvalue weighted by Gasteiger charge is -2.18. The molecule has 1 aliphatic rings. The van der Waals surface area contributed by atoms with E-state index in [4.69, 9.17) is 4.98 Å². The van der Waals surface area contributed by atoms with Gasteiger partial charge in [-0.2, -0.15) is 0 Å². The molecule has 2 heterocycles. The van der Waals surface area contributed by atoms with Crippen LogP contribution in [0.2, 0.25) is 0 Å². The second-order valence-corrected chi connectivity index (χ2v) is 7.73. The van der Waals surface area contributed by atoms with E-state index in [1.165, 1.54) is 29.5 Å². The molecule has 1 aliphatic heterocycles. The number of rotatable bonds is 8. The Labute approximate surface area is 168 Å². The number of para-hydroxylation sites is 2. The molecule has 1 aromatic heterocycles. The molecule has 1 N–H and O–H groups in total. The van der Waals surface area contributed by atoms with Crippen molar-refractivity contribution in [1.29, 1.82) is 0 Å². The van der Waals surface area contributed by atoms with Gasteiger partial charge in [0.25, 0.3) is 0 Å². The smallest absolute Gasteiger partial charge is 0.141 e. The van der Waals surface area contributed by atoms with Crippen molar-refractivity contribution in [1.82, 2.24) is 19.8 Å². The number of imidazole rings is 1. The highest BCUT2D eigenvalue weighted by atomic mass is 15.1. The third-order valence-corrected chi connectivity index (χ3v) is 6.04. The van der Waals surface area contributed by atoms with E-state index in [1.54, 1.807) is 0 Å². The molecule has 1 fully saturated rings. The van der Waals surface area contributed by atoms with Gasteiger partial charge in [-0.25, -0.2) is 4.98 Å². The van der Waals surface area contributed by atoms with Gasteiger partial charge >= 0.3 is 0 Å². The summed E-state index contributed by atoms with van der Waals surface area (Å²) < 4.78 is 2.40. The van der Waals surface area contributed by atoms with E-state index in [2.05, 4.69) is 77.2 Å². The number of hydrogen-bond donors (Lipinski definition) is 1. The molecule has 0 aliphatic carbocycles. The Balaban J connectivity index is 1.60. The fraction of sp³-hybridized carbons (Fsp3) is 0.458. The highest BCUT2D eigenvalue weighted by Crippen LogP contribution is 2.28. The van der Waals surface area contributed by atoms with Crippen LogP contribution in [-0.2, 0) is 6.54 Å². The highest BCUT2D eigenvalue weighted by Gasteiger charge is 2.17. The van der Waals surface area contributed by atoms with Gasteiger partial charge in [-0.3, -0.25) is 0 Å². The predicted octanol–water partition coefficient (Wildman–Crippen LogP) is 4.86. The average molecular weight is 377 g/mol. The number of nitrogens with one attached hydrogen (secondary N) is 1. The zero-order valence-corrected chi connectivity index (χ0v) is 17.2. The zero-order chi connectivity index (χ0) is 19.3. The topological polar surface area (TPSA) is 33.1 Å². The van der Waals surface area contributed by atoms with Crippen LogP contribution in [0.25, 0.3) is 22.4 Å². The van der Waals surface area contributed by atoms with Crippen molar-refractivity contribution in [2.75, 3.05) is 26.2 Å². The SMILES string of the molecule is CCN(CC)CCCn1c(-c2ccc([C@H]3CCCN3)cc2)nc2ccccc21. The number of fused-ring (bicyclic) bond motifs is 1. The van der Waals surface area contributed by atoms with E-state index >= 15 is 0 Å². The molecule has 1 atom stereocenters. The van der Waals surface area contributed by atoms with E-state index in [0.29, 0.717) is 6.04 Å². The van der Waals surface area contributed by atoms with Crippen molar-refractivity contribution in [2.45, 2.75) is 45.7 Å². The summed E-state index contributed by atoms with van der Waals surface area (Å²) in [5.41, 5.74) is 4.92. The standard InChI is InChI=1S/C24H32N4/c1-3-27(4-2)17-8-18-28-23-11-6-5-9-22(23)26-24(28)20-14-12-19(13-15-20)21-10-7-16-25-21/h5-6,9,11-15,21,25H,3-4,7-8,10,16-18H2,1-2H3/t21-/m1/s1. The van der Waals surface area contributed by atoms with Crippen LogP contribution in [0.4, 0.5) is 0 Å². The fourth-order valence-corrected chi connectivity index (χ4v) is 4.35. The first-order chi connectivity index (χ1) is 13.8. The second kappa shape index (κ2) is 8.89. The molecule has 0 saturated carbocycles. The molecule has 4 nitrogen and oxygen atoms in total. The van der Waals surface area contributed by atoms with Gasteiger partial charge in [-0.05, 0) is 63.1 Å². The molecular formula is C24H32N4. The summed E-state index contributed by atoms with van der Waals surface area (Å²) in [7, 11) is 0. The van der Waals surface area contributed by atoms with Crippen molar-refractivity contribution in [3.8, 4) is 11.4 Å². The first-order valence-corrected chi connectivity index (χ1v) is 10.8. The zero-order valence-electron chi connectivity index (χ0n) is 17.2. The Morgan fingerprint density at radius 1 is 1.07 bits per heavy atom. The van der Waals surface area contributed by atoms with Crippen LogP contribution in [0, 0.1) is 0 Å². The third-order valence-electron chi connectivity index (χ3n) is 6.04. The second-order valence-electron chi connectivity index (χ2n) is 7.73. The normalized spacial score (nSPS) is 17.0. The van der Waals surface area contributed by atoms with E-state index in [1.807, 2.05) is 0 Å². The molecule has 0 radical (unpaired) electrons. The number of aryl methyl sites for hydroxylation is 1. The molecule has 0 spiro atoms. The van der Waals surface area contributed by atoms with Crippen LogP contribution in [0.1, 0.15) is 44.7 Å². The number of hydrogen-bond acceptors (Lipinski definition) is 3. The largest absolute Gasteiger partial charge is 0.324 e. The van der Waals surface area contributed by atoms with Gasteiger partial charge in [0.1, 0.15) is 5.82 Å². The van der Waals surface area contributed by atoms with Crippen molar-refractivity contribution in [2.24, 2.45) is 0 Å². The number of nitrogens with zero attached hydrogens (tertiary/aromatic N) is 3. The lowest BCUT2D eigenvalue weighted by atomic mass is 10.0. The molecule has 0 unspecified atom stereocenters. The Morgan fingerprint density at radius 2 is 1.86 bits per heavy atom. The van der Waals surface area contributed by atoms with Crippen molar-refractivity contribution in [3.63, 3.8) is 0 Å². The molecular weight excluding hydrogens is 344 g/mol. The van der Waals surface area contributed by atoms with E-state index < -0.39 is 0 Å². The fourth-order valence-electron chi connectivity index (χ4n) is 4.35. The molecule has 148 valence electrons. The van der Waals surface area contributed by atoms with Crippen LogP contribution in [0.5, 0.6) is 0 Å². The molecule has 0 bridgehead atoms. The maximum atomic E-state index is 4.98. The first-order valence-electron chi connectivity index (χ1n) is 10.8. The van der Waals surface area contributed by atoms with Gasteiger partial charge in [-0.1, -0.05) is 50.2 Å². The van der Waals surface area contributed by atoms with Crippen LogP contribution in [0.15, 0.2) is 48.5 Å². The van der Waals surface area contributed by atoms with Crippen LogP contribution < -0.4 is 5.32 Å². The Hall–Kier alpha value is -2.17. The summed E-state index contributed by atoms with van der Waals surface area (Å²) in [6.07, 6.45) is 3.65. The molecule has 4 rings (SSSR count). The maximum Gasteiger partial charge on any atom is 0.141 e. The minimum atomic E-state index is 0.516. The van der Waals surface area contributed by atoms with Gasteiger partial charge in [0.05, 0.1) is 11.0 Å². The summed E-state index contributed by atoms with van der Waals surface area (Å²) >= 11 is 0. The van der Waals surface area contributed by atoms with E-state index in [0.717, 1.165) is 50.5 Å². The van der Waals surface area contributed by atoms with Crippen LogP contribution in [0.3, 0.4) is 0 Å². The van der Waals surface area contributed by atoms with E-state index in [-0.39, 0.29) is 0 Å². The van der Waals surface area contributed by atoms with E-state index in [9.17, 15) is 0 Å². The maximum absolute atomic E-state index is 4.98. The van der Waals surface area contributed by atoms with Gasteiger partial charge in [-0.15, -0.1) is 0 Å². The summed E-state index contributed by atoms with van der Waals surface area (Å²) in [5, 5.41) is 3.59. The van der Waals surface area contributed by atoms with Gasteiger partial charge in [0.2, 0.25) is 0 Å². The lowest BCUT2D eigenvalue weighted by Crippen LogP contribution is -2.24. The summed E-state index contributed by atoms with van der Waals surface area (Å²) in [5.74, 6) is 1.09. The lowest BCUT2D eigenvalue weighted by molar-refractivity contribution is 0.294.